The van der Waals surface area contributed by atoms with Crippen LogP contribution in [-0.4, -0.2) is 51.3 Å². The molecule has 136 valence electrons. The molecular formula is C20H24N4OS. The molecule has 4 heterocycles. The Morgan fingerprint density at radius 2 is 2.00 bits per heavy atom. The Hall–Kier alpha value is -2.18. The Bertz CT molecular complexity index is 817. The summed E-state index contributed by atoms with van der Waals surface area (Å²) >= 11 is 1.77. The number of aryl methyl sites for hydroxylation is 1. The van der Waals surface area contributed by atoms with Crippen molar-refractivity contribution in [1.82, 2.24) is 19.2 Å². The predicted molar refractivity (Wildman–Crippen MR) is 104 cm³/mol. The van der Waals surface area contributed by atoms with Crippen molar-refractivity contribution < 1.29 is 4.79 Å². The van der Waals surface area contributed by atoms with E-state index >= 15 is 0 Å². The molecule has 1 saturated heterocycles. The van der Waals surface area contributed by atoms with E-state index in [1.807, 2.05) is 29.3 Å². The molecular weight excluding hydrogens is 344 g/mol. The Morgan fingerprint density at radius 3 is 2.77 bits per heavy atom. The lowest BCUT2D eigenvalue weighted by Gasteiger charge is -2.34. The van der Waals surface area contributed by atoms with Crippen molar-refractivity contribution in [3.63, 3.8) is 0 Å². The number of aromatic nitrogens is 2. The van der Waals surface area contributed by atoms with Gasteiger partial charge in [-0.15, -0.1) is 11.3 Å². The topological polar surface area (TPSA) is 40.9 Å². The first kappa shape index (κ1) is 17.2. The lowest BCUT2D eigenvalue weighted by molar-refractivity contribution is -0.133. The number of piperazine rings is 1. The lowest BCUT2D eigenvalue weighted by Crippen LogP contribution is -2.48. The van der Waals surface area contributed by atoms with E-state index in [-0.39, 0.29) is 0 Å². The number of hydrogen-bond donors (Lipinski definition) is 0. The molecule has 0 atom stereocenters. The normalized spacial score (nSPS) is 15.6. The average molecular weight is 369 g/mol. The molecule has 0 unspecified atom stereocenters. The lowest BCUT2D eigenvalue weighted by atomic mass is 10.2. The molecule has 0 bridgehead atoms. The highest BCUT2D eigenvalue weighted by molar-refractivity contribution is 7.09. The summed E-state index contributed by atoms with van der Waals surface area (Å²) in [6.07, 6.45) is 6.73. The van der Waals surface area contributed by atoms with Crippen LogP contribution in [0.25, 0.3) is 5.65 Å². The van der Waals surface area contributed by atoms with Crippen molar-refractivity contribution in [3.8, 4) is 0 Å². The fraction of sp³-hybridized carbons (Fsp3) is 0.400. The molecule has 0 saturated carbocycles. The van der Waals surface area contributed by atoms with Crippen LogP contribution in [0, 0.1) is 0 Å². The predicted octanol–water partition coefficient (Wildman–Crippen LogP) is 3.06. The van der Waals surface area contributed by atoms with E-state index in [1.165, 1.54) is 4.88 Å². The van der Waals surface area contributed by atoms with E-state index in [9.17, 15) is 4.79 Å². The maximum Gasteiger partial charge on any atom is 0.222 e. The minimum absolute atomic E-state index is 0.300. The van der Waals surface area contributed by atoms with Crippen LogP contribution in [0.4, 0.5) is 0 Å². The van der Waals surface area contributed by atoms with Crippen molar-refractivity contribution >= 4 is 22.9 Å². The van der Waals surface area contributed by atoms with Gasteiger partial charge in [0, 0.05) is 56.4 Å². The van der Waals surface area contributed by atoms with Crippen LogP contribution in [0.3, 0.4) is 0 Å². The first-order valence-corrected chi connectivity index (χ1v) is 10.1. The average Bonchev–Trinajstić information content (AvgIpc) is 3.31. The molecule has 0 aliphatic carbocycles. The molecule has 0 aromatic carbocycles. The van der Waals surface area contributed by atoms with Crippen LogP contribution in [0.2, 0.25) is 0 Å². The molecule has 1 amide bonds. The van der Waals surface area contributed by atoms with Crippen LogP contribution in [0.1, 0.15) is 23.4 Å². The van der Waals surface area contributed by atoms with Crippen molar-refractivity contribution in [3.05, 3.63) is 58.7 Å². The molecule has 1 fully saturated rings. The summed E-state index contributed by atoms with van der Waals surface area (Å²) in [5.74, 6) is 0.300. The maximum absolute atomic E-state index is 12.4. The number of carbonyl (C=O) groups excluding carboxylic acids is 1. The Labute approximate surface area is 157 Å². The van der Waals surface area contributed by atoms with Gasteiger partial charge in [-0.2, -0.15) is 0 Å². The molecule has 1 aliphatic heterocycles. The molecule has 5 nitrogen and oxygen atoms in total. The fourth-order valence-electron chi connectivity index (χ4n) is 3.47. The molecule has 0 spiro atoms. The van der Waals surface area contributed by atoms with Gasteiger partial charge < -0.3 is 9.30 Å². The van der Waals surface area contributed by atoms with Gasteiger partial charge in [0.2, 0.25) is 5.91 Å². The van der Waals surface area contributed by atoms with E-state index < -0.39 is 0 Å². The number of hydrogen-bond acceptors (Lipinski definition) is 4. The first-order chi connectivity index (χ1) is 12.8. The summed E-state index contributed by atoms with van der Waals surface area (Å²) in [5, 5.41) is 2.10. The molecule has 1 aliphatic rings. The van der Waals surface area contributed by atoms with Gasteiger partial charge in [0.05, 0.1) is 5.69 Å². The standard InChI is InChI=1S/C20H24N4OS/c25-20(8-3-5-18-6-4-14-26-18)23-12-10-22(11-13-23)15-17-16-24-9-2-1-7-19(24)21-17/h1-2,4,6-7,9,14,16H,3,5,8,10-13,15H2. The van der Waals surface area contributed by atoms with Crippen LogP contribution in [0.5, 0.6) is 0 Å². The van der Waals surface area contributed by atoms with Gasteiger partial charge in [0.25, 0.3) is 0 Å². The van der Waals surface area contributed by atoms with Gasteiger partial charge in [-0.1, -0.05) is 12.1 Å². The molecule has 0 radical (unpaired) electrons. The van der Waals surface area contributed by atoms with Gasteiger partial charge in [-0.3, -0.25) is 9.69 Å². The zero-order chi connectivity index (χ0) is 17.8. The fourth-order valence-corrected chi connectivity index (χ4v) is 4.23. The van der Waals surface area contributed by atoms with Crippen molar-refractivity contribution in [2.24, 2.45) is 0 Å². The van der Waals surface area contributed by atoms with Gasteiger partial charge in [0.1, 0.15) is 5.65 Å². The highest BCUT2D eigenvalue weighted by Crippen LogP contribution is 2.14. The third-order valence-electron chi connectivity index (χ3n) is 4.92. The Morgan fingerprint density at radius 1 is 1.12 bits per heavy atom. The smallest absolute Gasteiger partial charge is 0.222 e. The summed E-state index contributed by atoms with van der Waals surface area (Å²) in [7, 11) is 0. The SMILES string of the molecule is O=C(CCCc1cccs1)N1CCN(Cc2cn3ccccc3n2)CC1. The summed E-state index contributed by atoms with van der Waals surface area (Å²) in [6.45, 7) is 4.34. The second-order valence-electron chi connectivity index (χ2n) is 6.79. The molecule has 26 heavy (non-hydrogen) atoms. The van der Waals surface area contributed by atoms with E-state index in [0.29, 0.717) is 12.3 Å². The number of carbonyl (C=O) groups is 1. The van der Waals surface area contributed by atoms with Crippen LogP contribution in [-0.2, 0) is 17.8 Å². The van der Waals surface area contributed by atoms with Crippen molar-refractivity contribution in [2.45, 2.75) is 25.8 Å². The minimum Gasteiger partial charge on any atom is -0.340 e. The van der Waals surface area contributed by atoms with E-state index in [1.54, 1.807) is 11.3 Å². The quantitative estimate of drug-likeness (QED) is 0.671. The molecule has 0 N–H and O–H groups in total. The number of nitrogens with zero attached hydrogens (tertiary/aromatic N) is 4. The summed E-state index contributed by atoms with van der Waals surface area (Å²) in [4.78, 5) is 22.9. The Balaban J connectivity index is 1.22. The number of imidazole rings is 1. The zero-order valence-corrected chi connectivity index (χ0v) is 15.7. The van der Waals surface area contributed by atoms with Gasteiger partial charge in [-0.05, 0) is 36.4 Å². The van der Waals surface area contributed by atoms with Crippen LogP contribution in [0.15, 0.2) is 48.1 Å². The third-order valence-corrected chi connectivity index (χ3v) is 5.85. The van der Waals surface area contributed by atoms with Gasteiger partial charge in [-0.25, -0.2) is 4.98 Å². The number of fused-ring (bicyclic) bond motifs is 1. The van der Waals surface area contributed by atoms with E-state index in [0.717, 1.165) is 56.9 Å². The summed E-state index contributed by atoms with van der Waals surface area (Å²) < 4.78 is 2.06. The zero-order valence-electron chi connectivity index (χ0n) is 14.9. The van der Waals surface area contributed by atoms with Crippen molar-refractivity contribution in [1.29, 1.82) is 0 Å². The molecule has 4 rings (SSSR count). The van der Waals surface area contributed by atoms with Gasteiger partial charge in [0.15, 0.2) is 0 Å². The van der Waals surface area contributed by atoms with Crippen LogP contribution < -0.4 is 0 Å². The monoisotopic (exact) mass is 368 g/mol. The number of thiophene rings is 1. The summed E-state index contributed by atoms with van der Waals surface area (Å²) in [5.41, 5.74) is 2.08. The first-order valence-electron chi connectivity index (χ1n) is 9.23. The largest absolute Gasteiger partial charge is 0.340 e. The molecule has 6 heteroatoms. The highest BCUT2D eigenvalue weighted by atomic mass is 32.1. The number of amides is 1. The summed E-state index contributed by atoms with van der Waals surface area (Å²) in [6, 6.07) is 10.3. The second kappa shape index (κ2) is 8.01. The number of pyridine rings is 1. The second-order valence-corrected chi connectivity index (χ2v) is 7.82. The van der Waals surface area contributed by atoms with Crippen molar-refractivity contribution in [2.75, 3.05) is 26.2 Å². The molecule has 3 aromatic rings. The third kappa shape index (κ3) is 4.14. The number of rotatable bonds is 6. The molecule has 3 aromatic heterocycles. The van der Waals surface area contributed by atoms with E-state index in [2.05, 4.69) is 38.0 Å². The highest BCUT2D eigenvalue weighted by Gasteiger charge is 2.21. The minimum atomic E-state index is 0.300. The van der Waals surface area contributed by atoms with E-state index in [4.69, 9.17) is 0 Å². The van der Waals surface area contributed by atoms with Gasteiger partial charge >= 0.3 is 0 Å². The Kier molecular flexibility index (Phi) is 5.32. The maximum atomic E-state index is 12.4. The van der Waals surface area contributed by atoms with Crippen LogP contribution >= 0.6 is 11.3 Å².